The number of hydrogen-bond acceptors (Lipinski definition) is 14. The fraction of sp³-hybridized carbons (Fsp3) is 0.553. The normalized spacial score (nSPS) is 25.3. The molecule has 2 aromatic heterocycles. The maximum atomic E-state index is 15.6. The van der Waals surface area contributed by atoms with Crippen LogP contribution in [0.15, 0.2) is 84.9 Å². The summed E-state index contributed by atoms with van der Waals surface area (Å²) < 4.78 is 77.5. The van der Waals surface area contributed by atoms with Crippen LogP contribution < -0.4 is 19.8 Å². The number of nitrogens with zero attached hydrogens (tertiary/aromatic N) is 10. The minimum absolute atomic E-state index is 0.00513. The molecular weight excluding hydrogens is 1420 g/mol. The zero-order valence-corrected chi connectivity index (χ0v) is 62.5. The fourth-order valence-electron chi connectivity index (χ4n) is 17.6. The predicted molar refractivity (Wildman–Crippen MR) is 380 cm³/mol. The number of benzene rings is 4. The largest absolute Gasteiger partial charge is 0.487 e. The van der Waals surface area contributed by atoms with Crippen molar-refractivity contribution in [3.63, 3.8) is 0 Å². The van der Waals surface area contributed by atoms with Crippen LogP contribution >= 0.6 is 23.2 Å². The first-order valence-electron chi connectivity index (χ1n) is 36.1. The molecule has 0 unspecified atom stereocenters. The smallest absolute Gasteiger partial charge is 0.310 e. The number of carbonyl (C=O) groups excluding carboxylic acids is 4. The van der Waals surface area contributed by atoms with Gasteiger partial charge >= 0.3 is 11.9 Å². The third-order valence-electron chi connectivity index (χ3n) is 24.1. The first-order valence-corrected chi connectivity index (χ1v) is 38.8. The summed E-state index contributed by atoms with van der Waals surface area (Å²) in [6.07, 6.45) is -0.279. The van der Waals surface area contributed by atoms with Crippen molar-refractivity contribution in [1.29, 1.82) is 0 Å². The number of carboxylic acids is 2. The molecule has 22 nitrogen and oxygen atoms in total. The average molecular weight is 1510 g/mol. The molecule has 4 aliphatic carbocycles. The van der Waals surface area contributed by atoms with Crippen molar-refractivity contribution in [3.8, 4) is 11.5 Å². The van der Waals surface area contributed by atoms with Crippen molar-refractivity contribution in [1.82, 2.24) is 49.6 Å². The van der Waals surface area contributed by atoms with Gasteiger partial charge in [0.1, 0.15) is 47.5 Å². The first-order chi connectivity index (χ1) is 49.8. The van der Waals surface area contributed by atoms with Gasteiger partial charge in [-0.25, -0.2) is 26.9 Å². The Morgan fingerprint density at radius 1 is 0.610 bits per heavy atom. The molecule has 4 saturated carbocycles. The molecule has 8 atom stereocenters. The third kappa shape index (κ3) is 14.3. The molecule has 4 aromatic carbocycles. The Bertz CT molecular complexity index is 4290. The Kier molecular flexibility index (Phi) is 20.8. The second-order valence-corrected chi connectivity index (χ2v) is 36.9. The van der Waals surface area contributed by atoms with Crippen LogP contribution in [0.3, 0.4) is 0 Å². The Morgan fingerprint density at radius 3 is 1.40 bits per heavy atom. The second-order valence-electron chi connectivity index (χ2n) is 31.8. The number of carboxylic acid groups (broad SMARTS) is 2. The van der Waals surface area contributed by atoms with Crippen LogP contribution in [0.5, 0.6) is 11.5 Å². The lowest BCUT2D eigenvalue weighted by Gasteiger charge is -2.50. The molecule has 0 bridgehead atoms. The molecule has 6 aromatic rings. The van der Waals surface area contributed by atoms with Gasteiger partial charge in [-0.1, -0.05) is 115 Å². The van der Waals surface area contributed by atoms with E-state index in [4.69, 9.17) is 37.1 Å². The van der Waals surface area contributed by atoms with Crippen LogP contribution in [-0.4, -0.2) is 160 Å². The van der Waals surface area contributed by atoms with E-state index >= 15 is 4.79 Å². The summed E-state index contributed by atoms with van der Waals surface area (Å²) in [6, 6.07) is 25.6. The van der Waals surface area contributed by atoms with E-state index in [2.05, 4.69) is 65.7 Å². The monoisotopic (exact) mass is 1510 g/mol. The average Bonchev–Trinajstić information content (AvgIpc) is 1.04. The number of carbonyl (C=O) groups is 6. The number of rotatable bonds is 20. The molecule has 14 rings (SSSR count). The number of amides is 4. The van der Waals surface area contributed by atoms with Gasteiger partial charge in [0, 0.05) is 93.5 Å². The highest BCUT2D eigenvalue weighted by atomic mass is 35.5. The zero-order chi connectivity index (χ0) is 75.0. The van der Waals surface area contributed by atoms with E-state index in [1.54, 1.807) is 52.8 Å². The maximum absolute atomic E-state index is 15.6. The molecule has 562 valence electrons. The van der Waals surface area contributed by atoms with Gasteiger partial charge in [0.2, 0.25) is 23.6 Å². The highest BCUT2D eigenvalue weighted by molar-refractivity contribution is 6.99. The second kappa shape index (κ2) is 29.0. The minimum atomic E-state index is -3.08. The molecule has 4 aliphatic heterocycles. The van der Waals surface area contributed by atoms with Gasteiger partial charge in [0.25, 0.3) is 21.2 Å². The van der Waals surface area contributed by atoms with Crippen LogP contribution in [0.4, 0.5) is 17.6 Å². The molecule has 6 heterocycles. The lowest BCUT2D eigenvalue weighted by Crippen LogP contribution is -2.68. The maximum Gasteiger partial charge on any atom is 0.310 e. The van der Waals surface area contributed by atoms with Crippen molar-refractivity contribution in [2.45, 2.75) is 180 Å². The SMILES string of the molecule is Cn1nnc(COc2ccc(Cl)c3c2[C@@H](CN2CC4(CC4)CC2=O)N(C(=O)[C@@H]2C[C@H](O)CC[C@]2(C)C(=O)O)CC3)c1C(F)F.Cn1nnc(COc2ccc(Cl)c3c2[C@@H](CN2CC4(CC4)CC2=O)N(C(=O)[C@@H]2C[C@H](O[Si](c4ccccc4)(c4ccccc4)C(C)(C)C)CC[C@]2(C)C(=O)O)CC3)c1C(F)F. The summed E-state index contributed by atoms with van der Waals surface area (Å²) in [7, 11) is -0.322. The summed E-state index contributed by atoms with van der Waals surface area (Å²) >= 11 is 13.6. The van der Waals surface area contributed by atoms with E-state index in [1.807, 2.05) is 41.3 Å². The Morgan fingerprint density at radius 2 is 1.02 bits per heavy atom. The zero-order valence-electron chi connectivity index (χ0n) is 60.0. The molecule has 2 spiro atoms. The summed E-state index contributed by atoms with van der Waals surface area (Å²) in [6.45, 7) is 11.0. The minimum Gasteiger partial charge on any atom is -0.487 e. The number of aliphatic hydroxyl groups is 1. The van der Waals surface area contributed by atoms with Crippen LogP contribution in [0.25, 0.3) is 0 Å². The highest BCUT2D eigenvalue weighted by Crippen LogP contribution is 2.57. The van der Waals surface area contributed by atoms with Gasteiger partial charge in [-0.05, 0) is 153 Å². The molecule has 2 saturated heterocycles. The van der Waals surface area contributed by atoms with Gasteiger partial charge in [-0.3, -0.25) is 28.8 Å². The van der Waals surface area contributed by atoms with Crippen molar-refractivity contribution < 1.29 is 75.5 Å². The first kappa shape index (κ1) is 75.3. The number of hydrogen-bond donors (Lipinski definition) is 3. The van der Waals surface area contributed by atoms with Crippen LogP contribution in [0, 0.1) is 33.5 Å². The van der Waals surface area contributed by atoms with E-state index in [9.17, 15) is 56.9 Å². The molecule has 105 heavy (non-hydrogen) atoms. The third-order valence-corrected chi connectivity index (χ3v) is 29.9. The topological polar surface area (TPSA) is 265 Å². The van der Waals surface area contributed by atoms with Crippen molar-refractivity contribution in [2.24, 2.45) is 47.6 Å². The Labute approximate surface area is 617 Å². The van der Waals surface area contributed by atoms with Crippen molar-refractivity contribution in [2.75, 3.05) is 39.3 Å². The molecular formula is C76H90Cl2F4N10O12Si. The number of ether oxygens (including phenoxy) is 2. The van der Waals surface area contributed by atoms with Crippen LogP contribution in [0.2, 0.25) is 15.1 Å². The van der Waals surface area contributed by atoms with E-state index < -0.39 is 86.0 Å². The Balaban J connectivity index is 0.000000196. The summed E-state index contributed by atoms with van der Waals surface area (Å²) in [4.78, 5) is 89.5. The van der Waals surface area contributed by atoms with E-state index in [0.717, 1.165) is 51.0 Å². The number of aliphatic carboxylic acids is 2. The van der Waals surface area contributed by atoms with Gasteiger partial charge in [0.05, 0.1) is 40.9 Å². The summed E-state index contributed by atoms with van der Waals surface area (Å²) in [5, 5.41) is 49.6. The lowest BCUT2D eigenvalue weighted by atomic mass is 9.65. The predicted octanol–water partition coefficient (Wildman–Crippen LogP) is 10.9. The van der Waals surface area contributed by atoms with Crippen molar-refractivity contribution in [3.05, 3.63) is 140 Å². The molecule has 0 radical (unpaired) electrons. The quantitative estimate of drug-likeness (QED) is 0.0474. The van der Waals surface area contributed by atoms with Crippen LogP contribution in [-0.2, 0) is 73.3 Å². The standard InChI is InChI=1S/C46H54ClF2N5O6Si.C30H36ClF2N5O6/c1-44(2,3)61(30-12-8-6-9-13-30,31-14-10-7-11-15-31)60-29-18-20-45(4,43(57)58)33(24-29)42(56)54-23-19-32-34(47)16-17-37(59-27-35-40(41(48)49)52(5)51-50-35)39(32)36(54)26-53-28-46(21-22-46)25-38(53)55;1-29(28(42)43)7-5-16(39)11-18(29)27(41)38-10-6-17-19(31)3-4-22(44-14-20-25(26(32)33)36(2)35-34-20)24(17)21(38)13-37-15-30(8-9-30)12-23(37)40/h6-17,29,33,36,41H,18-28H2,1-5H3,(H,57,58);3-4,16,18,21,26,39H,5-15H2,1-2H3,(H,42,43)/t29-,33+,36-,45+;16-,18+,21-,29+/m11/s1. The fourth-order valence-corrected chi connectivity index (χ4v) is 22.8. The molecule has 4 amide bonds. The molecule has 29 heteroatoms. The highest BCUT2D eigenvalue weighted by Gasteiger charge is 2.59. The number of alkyl halides is 4. The summed E-state index contributed by atoms with van der Waals surface area (Å²) in [5.74, 6) is -4.30. The molecule has 6 fully saturated rings. The number of aliphatic hydroxyl groups excluding tert-OH is 1. The number of aryl methyl sites for hydroxylation is 2. The molecule has 8 aliphatic rings. The van der Waals surface area contributed by atoms with E-state index in [0.29, 0.717) is 83.4 Å². The number of likely N-dealkylation sites (tertiary alicyclic amines) is 2. The number of fused-ring (bicyclic) bond motifs is 2. The van der Waals surface area contributed by atoms with Gasteiger partial charge < -0.3 is 48.8 Å². The van der Waals surface area contributed by atoms with E-state index in [1.165, 1.54) is 14.1 Å². The number of halogens is 6. The lowest BCUT2D eigenvalue weighted by molar-refractivity contribution is -0.165. The summed E-state index contributed by atoms with van der Waals surface area (Å²) in [5.41, 5.74) is -1.14. The van der Waals surface area contributed by atoms with Crippen LogP contribution in [0.1, 0.15) is 182 Å². The van der Waals surface area contributed by atoms with Gasteiger partial charge in [-0.2, -0.15) is 0 Å². The van der Waals surface area contributed by atoms with E-state index in [-0.39, 0.29) is 128 Å². The van der Waals surface area contributed by atoms with Gasteiger partial charge in [-0.15, -0.1) is 10.2 Å². The number of aromatic nitrogens is 6. The Hall–Kier alpha value is -7.98. The molecule has 3 N–H and O–H groups in total. The van der Waals surface area contributed by atoms with Gasteiger partial charge in [0.15, 0.2) is 0 Å². The van der Waals surface area contributed by atoms with Crippen molar-refractivity contribution >= 4 is 77.5 Å².